The van der Waals surface area contributed by atoms with Gasteiger partial charge in [-0.1, -0.05) is 63.4 Å². The van der Waals surface area contributed by atoms with Crippen molar-refractivity contribution in [3.8, 4) is 0 Å². The third-order valence-electron chi connectivity index (χ3n) is 2.97. The van der Waals surface area contributed by atoms with E-state index >= 15 is 0 Å². The van der Waals surface area contributed by atoms with Crippen LogP contribution in [0, 0.1) is 0 Å². The Kier molecular flexibility index (Phi) is 5.28. The molecular weight excluding hydrogens is 345 g/mol. The third kappa shape index (κ3) is 3.96. The Morgan fingerprint density at radius 2 is 1.58 bits per heavy atom. The first-order valence-electron chi connectivity index (χ1n) is 6.00. The van der Waals surface area contributed by atoms with Crippen molar-refractivity contribution in [2.24, 2.45) is 5.73 Å². The predicted molar refractivity (Wildman–Crippen MR) is 86.0 cm³/mol. The quantitative estimate of drug-likeness (QED) is 0.828. The van der Waals surface area contributed by atoms with E-state index in [1.807, 2.05) is 36.4 Å². The van der Waals surface area contributed by atoms with E-state index in [9.17, 15) is 0 Å². The van der Waals surface area contributed by atoms with Crippen LogP contribution in [-0.2, 0) is 12.8 Å². The lowest BCUT2D eigenvalue weighted by Gasteiger charge is -2.15. The van der Waals surface area contributed by atoms with Gasteiger partial charge in [-0.25, -0.2) is 0 Å². The minimum atomic E-state index is -0.0175. The molecule has 0 amide bonds. The van der Waals surface area contributed by atoms with Crippen molar-refractivity contribution < 1.29 is 0 Å². The van der Waals surface area contributed by atoms with Gasteiger partial charge in [-0.3, -0.25) is 0 Å². The Balaban J connectivity index is 2.10. The van der Waals surface area contributed by atoms with Crippen LogP contribution >= 0.6 is 39.1 Å². The molecule has 0 saturated heterocycles. The summed E-state index contributed by atoms with van der Waals surface area (Å²) in [5.41, 5.74) is 8.32. The zero-order valence-corrected chi connectivity index (χ0v) is 13.3. The molecular formula is C15H14BrCl2N. The van der Waals surface area contributed by atoms with Crippen LogP contribution in [0.15, 0.2) is 46.9 Å². The molecule has 1 nitrogen and oxygen atoms in total. The van der Waals surface area contributed by atoms with Crippen LogP contribution in [0.4, 0.5) is 0 Å². The highest BCUT2D eigenvalue weighted by Gasteiger charge is 2.12. The summed E-state index contributed by atoms with van der Waals surface area (Å²) in [7, 11) is 0. The van der Waals surface area contributed by atoms with Gasteiger partial charge in [0, 0.05) is 20.6 Å². The lowest BCUT2D eigenvalue weighted by molar-refractivity contribution is 0.663. The van der Waals surface area contributed by atoms with Crippen LogP contribution in [0.5, 0.6) is 0 Å². The fourth-order valence-electron chi connectivity index (χ4n) is 2.01. The van der Waals surface area contributed by atoms with Crippen LogP contribution in [-0.4, -0.2) is 6.04 Å². The molecule has 0 radical (unpaired) electrons. The SMILES string of the molecule is NC(Cc1ccccc1Br)Cc1c(Cl)cccc1Cl. The monoisotopic (exact) mass is 357 g/mol. The third-order valence-corrected chi connectivity index (χ3v) is 4.45. The molecule has 2 aromatic carbocycles. The molecule has 2 rings (SSSR count). The average molecular weight is 359 g/mol. The standard InChI is InChI=1S/C15H14BrCl2N/c16-13-5-2-1-4-10(13)8-11(19)9-12-14(17)6-3-7-15(12)18/h1-7,11H,8-9,19H2. The fourth-order valence-corrected chi connectivity index (χ4v) is 3.01. The fraction of sp³-hybridized carbons (Fsp3) is 0.200. The molecule has 0 spiro atoms. The maximum absolute atomic E-state index is 6.21. The molecule has 2 aromatic rings. The summed E-state index contributed by atoms with van der Waals surface area (Å²) in [5, 5.41) is 1.35. The molecule has 0 bridgehead atoms. The summed E-state index contributed by atoms with van der Waals surface area (Å²) in [6.07, 6.45) is 1.45. The van der Waals surface area contributed by atoms with Gasteiger partial charge in [-0.2, -0.15) is 0 Å². The number of hydrogen-bond donors (Lipinski definition) is 1. The van der Waals surface area contributed by atoms with E-state index in [0.717, 1.165) is 16.5 Å². The Hall–Kier alpha value is -0.540. The molecule has 4 heteroatoms. The Labute approximate surface area is 131 Å². The normalized spacial score (nSPS) is 12.4. The van der Waals surface area contributed by atoms with Crippen LogP contribution in [0.25, 0.3) is 0 Å². The number of halogens is 3. The van der Waals surface area contributed by atoms with Crippen molar-refractivity contribution in [3.63, 3.8) is 0 Å². The molecule has 2 N–H and O–H groups in total. The van der Waals surface area contributed by atoms with E-state index in [2.05, 4.69) is 22.0 Å². The first-order chi connectivity index (χ1) is 9.08. The summed E-state index contributed by atoms with van der Waals surface area (Å²) in [6, 6.07) is 13.6. The van der Waals surface area contributed by atoms with Gasteiger partial charge in [0.05, 0.1) is 0 Å². The summed E-state index contributed by atoms with van der Waals surface area (Å²) in [5.74, 6) is 0. The van der Waals surface area contributed by atoms with Gasteiger partial charge >= 0.3 is 0 Å². The molecule has 0 aliphatic heterocycles. The maximum Gasteiger partial charge on any atom is 0.0453 e. The first-order valence-corrected chi connectivity index (χ1v) is 7.54. The number of nitrogens with two attached hydrogens (primary N) is 1. The van der Waals surface area contributed by atoms with Crippen molar-refractivity contribution >= 4 is 39.1 Å². The maximum atomic E-state index is 6.21. The van der Waals surface area contributed by atoms with E-state index < -0.39 is 0 Å². The van der Waals surface area contributed by atoms with Crippen molar-refractivity contribution in [3.05, 3.63) is 68.1 Å². The van der Waals surface area contributed by atoms with Crippen LogP contribution in [0.3, 0.4) is 0 Å². The second kappa shape index (κ2) is 6.76. The van der Waals surface area contributed by atoms with Gasteiger partial charge in [-0.05, 0) is 42.2 Å². The van der Waals surface area contributed by atoms with Gasteiger partial charge in [0.25, 0.3) is 0 Å². The van der Waals surface area contributed by atoms with Crippen molar-refractivity contribution in [1.82, 2.24) is 0 Å². The topological polar surface area (TPSA) is 26.0 Å². The summed E-state index contributed by atoms with van der Waals surface area (Å²) >= 11 is 15.8. The van der Waals surface area contributed by atoms with E-state index in [-0.39, 0.29) is 6.04 Å². The molecule has 0 heterocycles. The van der Waals surface area contributed by atoms with Crippen molar-refractivity contribution in [2.45, 2.75) is 18.9 Å². The minimum Gasteiger partial charge on any atom is -0.327 e. The molecule has 0 aliphatic rings. The average Bonchev–Trinajstić information content (AvgIpc) is 2.37. The van der Waals surface area contributed by atoms with Crippen molar-refractivity contribution in [2.75, 3.05) is 0 Å². The lowest BCUT2D eigenvalue weighted by Crippen LogP contribution is -2.26. The van der Waals surface area contributed by atoms with Gasteiger partial charge in [0.15, 0.2) is 0 Å². The summed E-state index contributed by atoms with van der Waals surface area (Å²) < 4.78 is 1.08. The van der Waals surface area contributed by atoms with E-state index in [1.165, 1.54) is 5.56 Å². The van der Waals surface area contributed by atoms with Crippen molar-refractivity contribution in [1.29, 1.82) is 0 Å². The highest BCUT2D eigenvalue weighted by atomic mass is 79.9. The molecule has 1 atom stereocenters. The lowest BCUT2D eigenvalue weighted by atomic mass is 10.00. The van der Waals surface area contributed by atoms with Gasteiger partial charge in [-0.15, -0.1) is 0 Å². The second-order valence-electron chi connectivity index (χ2n) is 4.46. The van der Waals surface area contributed by atoms with Gasteiger partial charge in [0.2, 0.25) is 0 Å². The Morgan fingerprint density at radius 1 is 0.947 bits per heavy atom. The van der Waals surface area contributed by atoms with Crippen LogP contribution in [0.2, 0.25) is 10.0 Å². The molecule has 100 valence electrons. The second-order valence-corrected chi connectivity index (χ2v) is 6.13. The van der Waals surface area contributed by atoms with E-state index in [1.54, 1.807) is 0 Å². The highest BCUT2D eigenvalue weighted by Crippen LogP contribution is 2.26. The van der Waals surface area contributed by atoms with E-state index in [0.29, 0.717) is 16.5 Å². The molecule has 0 saturated carbocycles. The Morgan fingerprint density at radius 3 is 2.21 bits per heavy atom. The number of benzene rings is 2. The summed E-state index contributed by atoms with van der Waals surface area (Å²) in [6.45, 7) is 0. The van der Waals surface area contributed by atoms with E-state index in [4.69, 9.17) is 28.9 Å². The van der Waals surface area contributed by atoms with Gasteiger partial charge < -0.3 is 5.73 Å². The van der Waals surface area contributed by atoms with Gasteiger partial charge in [0.1, 0.15) is 0 Å². The zero-order chi connectivity index (χ0) is 13.8. The highest BCUT2D eigenvalue weighted by molar-refractivity contribution is 9.10. The zero-order valence-electron chi connectivity index (χ0n) is 10.2. The number of hydrogen-bond acceptors (Lipinski definition) is 1. The first kappa shape index (κ1) is 14.9. The smallest absolute Gasteiger partial charge is 0.0453 e. The van der Waals surface area contributed by atoms with Crippen LogP contribution < -0.4 is 5.73 Å². The number of rotatable bonds is 4. The summed E-state index contributed by atoms with van der Waals surface area (Å²) in [4.78, 5) is 0. The molecule has 1 unspecified atom stereocenters. The molecule has 0 aliphatic carbocycles. The van der Waals surface area contributed by atoms with Crippen LogP contribution in [0.1, 0.15) is 11.1 Å². The molecule has 0 fully saturated rings. The minimum absolute atomic E-state index is 0.0175. The largest absolute Gasteiger partial charge is 0.327 e. The molecule has 19 heavy (non-hydrogen) atoms. The predicted octanol–water partition coefficient (Wildman–Crippen LogP) is 4.87. The molecule has 0 aromatic heterocycles. The Bertz CT molecular complexity index is 552.